The summed E-state index contributed by atoms with van der Waals surface area (Å²) < 4.78 is 0. The van der Waals surface area contributed by atoms with Crippen LogP contribution in [0.1, 0.15) is 22.3 Å². The summed E-state index contributed by atoms with van der Waals surface area (Å²) in [5.74, 6) is 0. The van der Waals surface area contributed by atoms with E-state index < -0.39 is 0 Å². The molecule has 0 radical (unpaired) electrons. The van der Waals surface area contributed by atoms with Crippen LogP contribution in [0.5, 0.6) is 0 Å². The average molecular weight is 359 g/mol. The van der Waals surface area contributed by atoms with Crippen molar-refractivity contribution in [2.75, 3.05) is 0 Å². The highest BCUT2D eigenvalue weighted by Gasteiger charge is 2.15. The number of benzene rings is 4. The zero-order valence-electron chi connectivity index (χ0n) is 15.3. The van der Waals surface area contributed by atoms with Crippen molar-refractivity contribution in [1.82, 2.24) is 0 Å². The van der Waals surface area contributed by atoms with Crippen molar-refractivity contribution in [3.05, 3.63) is 82.9 Å². The number of aryl methyl sites for hydroxylation is 3. The van der Waals surface area contributed by atoms with Gasteiger partial charge in [-0.05, 0) is 59.0 Å². The third-order valence-electron chi connectivity index (χ3n) is 4.96. The second-order valence-electron chi connectivity index (χ2n) is 6.89. The zero-order valence-corrected chi connectivity index (χ0v) is 16.2. The van der Waals surface area contributed by atoms with E-state index in [1.54, 1.807) is 0 Å². The van der Waals surface area contributed by atoms with E-state index in [4.69, 9.17) is 0 Å². The summed E-state index contributed by atoms with van der Waals surface area (Å²) in [6.07, 6.45) is 0. The molecule has 0 bridgehead atoms. The number of aliphatic hydroxyl groups excluding tert-OH is 1. The van der Waals surface area contributed by atoms with Crippen molar-refractivity contribution in [3.63, 3.8) is 0 Å². The van der Waals surface area contributed by atoms with E-state index in [1.165, 1.54) is 37.3 Å². The van der Waals surface area contributed by atoms with Crippen LogP contribution in [0, 0.1) is 20.8 Å². The van der Waals surface area contributed by atoms with Crippen LogP contribution in [0.4, 0.5) is 0 Å². The molecule has 0 spiro atoms. The Bertz CT molecular complexity index is 1050. The lowest BCUT2D eigenvalue weighted by Gasteiger charge is -2.17. The third kappa shape index (κ3) is 2.80. The molecule has 26 heavy (non-hydrogen) atoms. The molecule has 0 saturated carbocycles. The van der Waals surface area contributed by atoms with Crippen LogP contribution in [0.2, 0.25) is 0 Å². The monoisotopic (exact) mass is 358 g/mol. The van der Waals surface area contributed by atoms with E-state index in [2.05, 4.69) is 69.3 Å². The van der Waals surface area contributed by atoms with E-state index in [-0.39, 0.29) is 6.61 Å². The molecule has 0 aliphatic carbocycles. The van der Waals surface area contributed by atoms with Crippen LogP contribution in [-0.2, 0) is 6.61 Å². The first kappa shape index (κ1) is 17.1. The molecule has 130 valence electrons. The van der Waals surface area contributed by atoms with Crippen LogP contribution in [0.15, 0.2) is 70.5 Å². The van der Waals surface area contributed by atoms with Crippen molar-refractivity contribution in [1.29, 1.82) is 0 Å². The van der Waals surface area contributed by atoms with Gasteiger partial charge in [0.2, 0.25) is 0 Å². The molecule has 0 saturated heterocycles. The molecule has 2 heteroatoms. The van der Waals surface area contributed by atoms with Crippen molar-refractivity contribution in [3.8, 4) is 0 Å². The van der Waals surface area contributed by atoms with E-state index in [1.807, 2.05) is 23.9 Å². The van der Waals surface area contributed by atoms with Gasteiger partial charge in [-0.2, -0.15) is 0 Å². The van der Waals surface area contributed by atoms with Gasteiger partial charge in [0.15, 0.2) is 0 Å². The fourth-order valence-electron chi connectivity index (χ4n) is 3.89. The first-order valence-corrected chi connectivity index (χ1v) is 9.70. The lowest BCUT2D eigenvalue weighted by atomic mass is 9.97. The van der Waals surface area contributed by atoms with Crippen molar-refractivity contribution < 1.29 is 5.11 Å². The number of hydrogen-bond acceptors (Lipinski definition) is 2. The molecular weight excluding hydrogens is 336 g/mol. The topological polar surface area (TPSA) is 20.2 Å². The quantitative estimate of drug-likeness (QED) is 0.418. The van der Waals surface area contributed by atoms with Crippen molar-refractivity contribution >= 4 is 33.3 Å². The second-order valence-corrected chi connectivity index (χ2v) is 7.91. The summed E-state index contributed by atoms with van der Waals surface area (Å²) in [4.78, 5) is 2.59. The van der Waals surface area contributed by atoms with Gasteiger partial charge in [0.05, 0.1) is 6.61 Å². The summed E-state index contributed by atoms with van der Waals surface area (Å²) in [7, 11) is 0. The van der Waals surface area contributed by atoms with E-state index in [9.17, 15) is 5.11 Å². The first-order chi connectivity index (χ1) is 12.6. The minimum absolute atomic E-state index is 0.0502. The van der Waals surface area contributed by atoms with Gasteiger partial charge in [0.25, 0.3) is 0 Å². The Hall–Kier alpha value is -2.29. The Labute approximate surface area is 158 Å². The fraction of sp³-hybridized carbons (Fsp3) is 0.167. The molecule has 1 N–H and O–H groups in total. The minimum atomic E-state index is 0.0502. The first-order valence-electron chi connectivity index (χ1n) is 8.89. The van der Waals surface area contributed by atoms with Gasteiger partial charge in [0.1, 0.15) is 0 Å². The van der Waals surface area contributed by atoms with Crippen LogP contribution in [0.25, 0.3) is 21.5 Å². The molecule has 1 nitrogen and oxygen atoms in total. The van der Waals surface area contributed by atoms with Crippen LogP contribution in [-0.4, -0.2) is 5.11 Å². The highest BCUT2D eigenvalue weighted by molar-refractivity contribution is 8.00. The lowest BCUT2D eigenvalue weighted by molar-refractivity contribution is 0.285. The summed E-state index contributed by atoms with van der Waals surface area (Å²) in [6.45, 7) is 6.58. The smallest absolute Gasteiger partial charge is 0.0693 e. The minimum Gasteiger partial charge on any atom is -0.392 e. The Morgan fingerprint density at radius 2 is 1.15 bits per heavy atom. The number of hydrogen-bond donors (Lipinski definition) is 1. The summed E-state index contributed by atoms with van der Waals surface area (Å²) in [6, 6.07) is 21.3. The Balaban J connectivity index is 2.06. The van der Waals surface area contributed by atoms with Gasteiger partial charge in [-0.3, -0.25) is 0 Å². The number of fused-ring (bicyclic) bond motifs is 2. The highest BCUT2D eigenvalue weighted by Crippen LogP contribution is 2.43. The van der Waals surface area contributed by atoms with E-state index in [0.29, 0.717) is 0 Å². The maximum atomic E-state index is 10.0. The molecule has 0 aliphatic rings. The average Bonchev–Trinajstić information content (AvgIpc) is 2.63. The van der Waals surface area contributed by atoms with Gasteiger partial charge < -0.3 is 5.11 Å². The zero-order chi connectivity index (χ0) is 18.3. The SMILES string of the molecule is Cc1cc(C)c(Sc2c3ccccc3c(CO)c3ccccc23)c(C)c1. The van der Waals surface area contributed by atoms with Crippen LogP contribution >= 0.6 is 11.8 Å². The molecule has 4 aromatic carbocycles. The fourth-order valence-corrected chi connectivity index (χ4v) is 5.11. The Kier molecular flexibility index (Phi) is 4.47. The van der Waals surface area contributed by atoms with Crippen LogP contribution in [0.3, 0.4) is 0 Å². The lowest BCUT2D eigenvalue weighted by Crippen LogP contribution is -1.93. The summed E-state index contributed by atoms with van der Waals surface area (Å²) in [5.41, 5.74) is 4.94. The van der Waals surface area contributed by atoms with Gasteiger partial charge in [-0.25, -0.2) is 0 Å². The Morgan fingerprint density at radius 1 is 0.692 bits per heavy atom. The Morgan fingerprint density at radius 3 is 1.62 bits per heavy atom. The second kappa shape index (κ2) is 6.79. The molecule has 0 aromatic heterocycles. The molecule has 0 fully saturated rings. The molecule has 0 heterocycles. The summed E-state index contributed by atoms with van der Waals surface area (Å²) >= 11 is 1.85. The highest BCUT2D eigenvalue weighted by atomic mass is 32.2. The molecule has 0 amide bonds. The van der Waals surface area contributed by atoms with Gasteiger partial charge >= 0.3 is 0 Å². The summed E-state index contributed by atoms with van der Waals surface area (Å²) in [5, 5.41) is 14.7. The van der Waals surface area contributed by atoms with Crippen molar-refractivity contribution in [2.45, 2.75) is 37.2 Å². The van der Waals surface area contributed by atoms with Gasteiger partial charge in [0, 0.05) is 9.79 Å². The molecule has 4 aromatic rings. The molecule has 4 rings (SSSR count). The van der Waals surface area contributed by atoms with E-state index >= 15 is 0 Å². The van der Waals surface area contributed by atoms with Gasteiger partial charge in [-0.1, -0.05) is 78.0 Å². The predicted octanol–water partition coefficient (Wildman–Crippen LogP) is 6.56. The number of rotatable bonds is 3. The third-order valence-corrected chi connectivity index (χ3v) is 6.45. The van der Waals surface area contributed by atoms with Crippen LogP contribution < -0.4 is 0 Å². The largest absolute Gasteiger partial charge is 0.392 e. The molecule has 0 atom stereocenters. The van der Waals surface area contributed by atoms with Gasteiger partial charge in [-0.15, -0.1) is 0 Å². The molecule has 0 aliphatic heterocycles. The predicted molar refractivity (Wildman–Crippen MR) is 112 cm³/mol. The maximum Gasteiger partial charge on any atom is 0.0693 e. The molecular formula is C24H22OS. The maximum absolute atomic E-state index is 10.0. The van der Waals surface area contributed by atoms with Crippen molar-refractivity contribution in [2.24, 2.45) is 0 Å². The standard InChI is InChI=1S/C24H22OS/c1-15-12-16(2)23(17(3)13-15)26-24-20-10-6-4-8-18(20)22(14-25)19-9-5-7-11-21(19)24/h4-13,25H,14H2,1-3H3. The molecule has 0 unspecified atom stereocenters. The number of aliphatic hydroxyl groups is 1. The van der Waals surface area contributed by atoms with E-state index in [0.717, 1.165) is 16.3 Å². The normalized spacial score (nSPS) is 11.4.